The molecule has 0 spiro atoms. The lowest BCUT2D eigenvalue weighted by Crippen LogP contribution is -2.42. The quantitative estimate of drug-likeness (QED) is 0.855. The summed E-state index contributed by atoms with van der Waals surface area (Å²) in [6.07, 6.45) is 1.31. The molecule has 142 valence electrons. The average molecular weight is 387 g/mol. The summed E-state index contributed by atoms with van der Waals surface area (Å²) < 4.78 is 5.31. The topological polar surface area (TPSA) is 58.6 Å². The molecule has 1 saturated heterocycles. The van der Waals surface area contributed by atoms with Gasteiger partial charge in [-0.15, -0.1) is 0 Å². The van der Waals surface area contributed by atoms with Crippen molar-refractivity contribution >= 4 is 23.4 Å². The molecule has 0 atom stereocenters. The SMILES string of the molecule is COc1ccccc1CNC(=O)C1CCN(C(=O)c2cccc(Cl)c2)CC1. The van der Waals surface area contributed by atoms with Gasteiger partial charge < -0.3 is 15.0 Å². The van der Waals surface area contributed by atoms with Gasteiger partial charge in [-0.25, -0.2) is 0 Å². The first-order valence-electron chi connectivity index (χ1n) is 9.03. The number of rotatable bonds is 5. The van der Waals surface area contributed by atoms with E-state index in [-0.39, 0.29) is 17.7 Å². The van der Waals surface area contributed by atoms with Crippen LogP contribution in [-0.4, -0.2) is 36.9 Å². The van der Waals surface area contributed by atoms with Gasteiger partial charge in [0.1, 0.15) is 5.75 Å². The summed E-state index contributed by atoms with van der Waals surface area (Å²) in [4.78, 5) is 26.8. The first kappa shape index (κ1) is 19.2. The van der Waals surface area contributed by atoms with E-state index in [0.29, 0.717) is 43.1 Å². The van der Waals surface area contributed by atoms with Gasteiger partial charge in [0.25, 0.3) is 5.91 Å². The Labute approximate surface area is 164 Å². The molecule has 1 heterocycles. The van der Waals surface area contributed by atoms with Crippen molar-refractivity contribution in [3.8, 4) is 5.75 Å². The lowest BCUT2D eigenvalue weighted by atomic mass is 9.95. The molecule has 27 heavy (non-hydrogen) atoms. The molecule has 1 fully saturated rings. The fourth-order valence-electron chi connectivity index (χ4n) is 3.32. The van der Waals surface area contributed by atoms with E-state index >= 15 is 0 Å². The van der Waals surface area contributed by atoms with E-state index in [0.717, 1.165) is 11.3 Å². The van der Waals surface area contributed by atoms with Crippen molar-refractivity contribution in [3.63, 3.8) is 0 Å². The van der Waals surface area contributed by atoms with E-state index in [1.54, 1.807) is 36.3 Å². The highest BCUT2D eigenvalue weighted by atomic mass is 35.5. The zero-order chi connectivity index (χ0) is 19.2. The van der Waals surface area contributed by atoms with Gasteiger partial charge in [-0.05, 0) is 37.1 Å². The van der Waals surface area contributed by atoms with Gasteiger partial charge in [0.15, 0.2) is 0 Å². The predicted molar refractivity (Wildman–Crippen MR) is 105 cm³/mol. The minimum absolute atomic E-state index is 0.0239. The maximum absolute atomic E-state index is 12.6. The number of amides is 2. The van der Waals surface area contributed by atoms with Crippen LogP contribution in [0.5, 0.6) is 5.75 Å². The van der Waals surface area contributed by atoms with Gasteiger partial charge in [-0.1, -0.05) is 35.9 Å². The molecular formula is C21H23ClN2O3. The van der Waals surface area contributed by atoms with E-state index in [1.807, 2.05) is 24.3 Å². The van der Waals surface area contributed by atoms with E-state index in [4.69, 9.17) is 16.3 Å². The summed E-state index contributed by atoms with van der Waals surface area (Å²) >= 11 is 5.97. The number of benzene rings is 2. The predicted octanol–water partition coefficient (Wildman–Crippen LogP) is 3.52. The molecular weight excluding hydrogens is 364 g/mol. The number of halogens is 1. The third-order valence-corrected chi connectivity index (χ3v) is 5.11. The maximum atomic E-state index is 12.6. The first-order chi connectivity index (χ1) is 13.1. The highest BCUT2D eigenvalue weighted by molar-refractivity contribution is 6.30. The maximum Gasteiger partial charge on any atom is 0.253 e. The first-order valence-corrected chi connectivity index (χ1v) is 9.40. The van der Waals surface area contributed by atoms with E-state index < -0.39 is 0 Å². The number of carbonyl (C=O) groups is 2. The van der Waals surface area contributed by atoms with Crippen molar-refractivity contribution in [3.05, 3.63) is 64.7 Å². The van der Waals surface area contributed by atoms with E-state index in [9.17, 15) is 9.59 Å². The minimum Gasteiger partial charge on any atom is -0.496 e. The van der Waals surface area contributed by atoms with E-state index in [1.165, 1.54) is 0 Å². The Balaban J connectivity index is 1.51. The standard InChI is InChI=1S/C21H23ClN2O3/c1-27-19-8-3-2-5-17(19)14-23-20(25)15-9-11-24(12-10-15)21(26)16-6-4-7-18(22)13-16/h2-8,13,15H,9-12,14H2,1H3,(H,23,25). The van der Waals surface area contributed by atoms with Crippen LogP contribution >= 0.6 is 11.6 Å². The lowest BCUT2D eigenvalue weighted by Gasteiger charge is -2.31. The molecule has 0 saturated carbocycles. The summed E-state index contributed by atoms with van der Waals surface area (Å²) in [7, 11) is 1.62. The molecule has 0 radical (unpaired) electrons. The van der Waals surface area contributed by atoms with Crippen molar-refractivity contribution in [1.29, 1.82) is 0 Å². The Bertz CT molecular complexity index is 817. The second kappa shape index (κ2) is 8.91. The highest BCUT2D eigenvalue weighted by Crippen LogP contribution is 2.21. The van der Waals surface area contributed by atoms with Crippen LogP contribution in [0.2, 0.25) is 5.02 Å². The molecule has 2 amide bonds. The number of nitrogens with zero attached hydrogens (tertiary/aromatic N) is 1. The van der Waals surface area contributed by atoms with Crippen molar-refractivity contribution < 1.29 is 14.3 Å². The van der Waals surface area contributed by atoms with Gasteiger partial charge >= 0.3 is 0 Å². The molecule has 0 aromatic heterocycles. The molecule has 0 bridgehead atoms. The summed E-state index contributed by atoms with van der Waals surface area (Å²) in [5, 5.41) is 3.53. The minimum atomic E-state index is -0.0804. The lowest BCUT2D eigenvalue weighted by molar-refractivity contribution is -0.126. The van der Waals surface area contributed by atoms with Crippen LogP contribution in [0.1, 0.15) is 28.8 Å². The third-order valence-electron chi connectivity index (χ3n) is 4.87. The van der Waals surface area contributed by atoms with Crippen molar-refractivity contribution in [1.82, 2.24) is 10.2 Å². The number of methoxy groups -OCH3 is 1. The molecule has 5 nitrogen and oxygen atoms in total. The largest absolute Gasteiger partial charge is 0.496 e. The smallest absolute Gasteiger partial charge is 0.253 e. The monoisotopic (exact) mass is 386 g/mol. The van der Waals surface area contributed by atoms with Crippen LogP contribution in [0.25, 0.3) is 0 Å². The average Bonchev–Trinajstić information content (AvgIpc) is 2.71. The Hall–Kier alpha value is -2.53. The van der Waals surface area contributed by atoms with Crippen LogP contribution in [0.3, 0.4) is 0 Å². The molecule has 3 rings (SSSR count). The Morgan fingerprint density at radius 2 is 1.89 bits per heavy atom. The normalized spacial score (nSPS) is 14.7. The highest BCUT2D eigenvalue weighted by Gasteiger charge is 2.27. The number of hydrogen-bond acceptors (Lipinski definition) is 3. The number of carbonyl (C=O) groups excluding carboxylic acids is 2. The Morgan fingerprint density at radius 3 is 2.59 bits per heavy atom. The number of piperidine rings is 1. The number of nitrogens with one attached hydrogen (secondary N) is 1. The second-order valence-electron chi connectivity index (χ2n) is 6.61. The molecule has 0 aliphatic carbocycles. The van der Waals surface area contributed by atoms with Gasteiger partial charge in [0, 0.05) is 41.7 Å². The van der Waals surface area contributed by atoms with E-state index in [2.05, 4.69) is 5.32 Å². The number of hydrogen-bond donors (Lipinski definition) is 1. The summed E-state index contributed by atoms with van der Waals surface area (Å²) in [6.45, 7) is 1.57. The third kappa shape index (κ3) is 4.80. The summed E-state index contributed by atoms with van der Waals surface area (Å²) in [6, 6.07) is 14.6. The molecule has 6 heteroatoms. The molecule has 0 unspecified atom stereocenters. The van der Waals surface area contributed by atoms with Gasteiger partial charge in [-0.2, -0.15) is 0 Å². The van der Waals surface area contributed by atoms with Crippen LogP contribution in [0.15, 0.2) is 48.5 Å². The molecule has 2 aromatic rings. The second-order valence-corrected chi connectivity index (χ2v) is 7.04. The summed E-state index contributed by atoms with van der Waals surface area (Å²) in [5.74, 6) is 0.670. The van der Waals surface area contributed by atoms with Crippen molar-refractivity contribution in [2.45, 2.75) is 19.4 Å². The Kier molecular flexibility index (Phi) is 6.35. The zero-order valence-electron chi connectivity index (χ0n) is 15.3. The number of para-hydroxylation sites is 1. The molecule has 1 N–H and O–H groups in total. The fraction of sp³-hybridized carbons (Fsp3) is 0.333. The van der Waals surface area contributed by atoms with Crippen LogP contribution in [0, 0.1) is 5.92 Å². The number of likely N-dealkylation sites (tertiary alicyclic amines) is 1. The fourth-order valence-corrected chi connectivity index (χ4v) is 3.51. The van der Waals surface area contributed by atoms with Crippen LogP contribution < -0.4 is 10.1 Å². The van der Waals surface area contributed by atoms with Crippen LogP contribution in [-0.2, 0) is 11.3 Å². The van der Waals surface area contributed by atoms with Crippen LogP contribution in [0.4, 0.5) is 0 Å². The summed E-state index contributed by atoms with van der Waals surface area (Å²) in [5.41, 5.74) is 1.53. The number of ether oxygens (including phenoxy) is 1. The van der Waals surface area contributed by atoms with Crippen molar-refractivity contribution in [2.24, 2.45) is 5.92 Å². The van der Waals surface area contributed by atoms with Gasteiger partial charge in [0.05, 0.1) is 7.11 Å². The van der Waals surface area contributed by atoms with Gasteiger partial charge in [0.2, 0.25) is 5.91 Å². The molecule has 2 aromatic carbocycles. The van der Waals surface area contributed by atoms with Crippen molar-refractivity contribution in [2.75, 3.05) is 20.2 Å². The van der Waals surface area contributed by atoms with Gasteiger partial charge in [-0.3, -0.25) is 9.59 Å². The Morgan fingerprint density at radius 1 is 1.15 bits per heavy atom. The zero-order valence-corrected chi connectivity index (χ0v) is 16.0. The molecule has 1 aliphatic heterocycles. The molecule has 1 aliphatic rings.